The van der Waals surface area contributed by atoms with Crippen LogP contribution in [0.1, 0.15) is 33.6 Å². The molecule has 0 aromatic rings. The molecule has 0 aromatic carbocycles. The van der Waals surface area contributed by atoms with Crippen LogP contribution in [-0.4, -0.2) is 73.9 Å². The number of nitrogens with one attached hydrogen (secondary N) is 1. The summed E-state index contributed by atoms with van der Waals surface area (Å²) in [5, 5.41) is 3.65. The van der Waals surface area contributed by atoms with Gasteiger partial charge in [0.15, 0.2) is 0 Å². The molecule has 0 aliphatic carbocycles. The molecule has 1 N–H and O–H groups in total. The van der Waals surface area contributed by atoms with Crippen molar-refractivity contribution >= 4 is 0 Å². The van der Waals surface area contributed by atoms with Crippen LogP contribution >= 0.6 is 0 Å². The van der Waals surface area contributed by atoms with Gasteiger partial charge in [-0.05, 0) is 33.2 Å². The third-order valence-corrected chi connectivity index (χ3v) is 4.73. The molecule has 2 rings (SSSR count). The number of nitrogens with zero attached hydrogens (tertiary/aromatic N) is 2. The lowest BCUT2D eigenvalue weighted by Crippen LogP contribution is -2.46. The summed E-state index contributed by atoms with van der Waals surface area (Å²) in [4.78, 5) is 5.23. The van der Waals surface area contributed by atoms with E-state index < -0.39 is 0 Å². The third-order valence-electron chi connectivity index (χ3n) is 4.73. The van der Waals surface area contributed by atoms with Crippen molar-refractivity contribution in [1.29, 1.82) is 0 Å². The van der Waals surface area contributed by atoms with Gasteiger partial charge < -0.3 is 15.0 Å². The van der Waals surface area contributed by atoms with Crippen LogP contribution < -0.4 is 5.32 Å². The maximum absolute atomic E-state index is 5.44. The van der Waals surface area contributed by atoms with Gasteiger partial charge in [-0.25, -0.2) is 0 Å². The Morgan fingerprint density at radius 3 is 2.63 bits per heavy atom. The van der Waals surface area contributed by atoms with Crippen molar-refractivity contribution in [1.82, 2.24) is 15.1 Å². The summed E-state index contributed by atoms with van der Waals surface area (Å²) < 4.78 is 5.44. The Bertz CT molecular complexity index is 264. The second-order valence-electron chi connectivity index (χ2n) is 6.56. The minimum atomic E-state index is 0.281. The Morgan fingerprint density at radius 2 is 1.95 bits per heavy atom. The second-order valence-corrected chi connectivity index (χ2v) is 6.56. The molecule has 0 amide bonds. The highest BCUT2D eigenvalue weighted by Crippen LogP contribution is 2.16. The molecular formula is C15H31N3O. The SMILES string of the molecule is CCC(C)(C)NCCN1CCC(N2CCOCC2)C1. The van der Waals surface area contributed by atoms with Crippen LogP contribution in [0.2, 0.25) is 0 Å². The summed E-state index contributed by atoms with van der Waals surface area (Å²) in [6, 6.07) is 0.767. The monoisotopic (exact) mass is 269 g/mol. The van der Waals surface area contributed by atoms with Crippen LogP contribution in [0.5, 0.6) is 0 Å². The Kier molecular flexibility index (Phi) is 5.63. The summed E-state index contributed by atoms with van der Waals surface area (Å²) in [6.45, 7) is 15.7. The first-order valence-electron chi connectivity index (χ1n) is 7.90. The van der Waals surface area contributed by atoms with E-state index in [1.807, 2.05) is 0 Å². The smallest absolute Gasteiger partial charge is 0.0594 e. The molecule has 1 unspecified atom stereocenters. The number of likely N-dealkylation sites (tertiary alicyclic amines) is 1. The summed E-state index contributed by atoms with van der Waals surface area (Å²) in [5.74, 6) is 0. The lowest BCUT2D eigenvalue weighted by molar-refractivity contribution is 0.0185. The van der Waals surface area contributed by atoms with E-state index in [2.05, 4.69) is 35.9 Å². The Hall–Kier alpha value is -0.160. The van der Waals surface area contributed by atoms with Crippen molar-refractivity contribution in [3.63, 3.8) is 0 Å². The molecule has 0 radical (unpaired) electrons. The van der Waals surface area contributed by atoms with Crippen molar-refractivity contribution in [2.45, 2.75) is 45.2 Å². The van der Waals surface area contributed by atoms with Gasteiger partial charge in [-0.3, -0.25) is 4.90 Å². The summed E-state index contributed by atoms with van der Waals surface area (Å²) in [5.41, 5.74) is 0.281. The first-order valence-corrected chi connectivity index (χ1v) is 7.90. The number of rotatable bonds is 6. The van der Waals surface area contributed by atoms with Gasteiger partial charge in [-0.1, -0.05) is 6.92 Å². The van der Waals surface area contributed by atoms with Crippen LogP contribution in [-0.2, 0) is 4.74 Å². The molecular weight excluding hydrogens is 238 g/mol. The second kappa shape index (κ2) is 7.02. The molecule has 0 saturated carbocycles. The van der Waals surface area contributed by atoms with E-state index in [1.165, 1.54) is 32.5 Å². The van der Waals surface area contributed by atoms with Crippen molar-refractivity contribution in [2.24, 2.45) is 0 Å². The van der Waals surface area contributed by atoms with Gasteiger partial charge in [0.25, 0.3) is 0 Å². The third kappa shape index (κ3) is 4.71. The number of hydrogen-bond acceptors (Lipinski definition) is 4. The van der Waals surface area contributed by atoms with Crippen LogP contribution in [0.15, 0.2) is 0 Å². The molecule has 19 heavy (non-hydrogen) atoms. The molecule has 2 aliphatic rings. The van der Waals surface area contributed by atoms with Gasteiger partial charge in [0.05, 0.1) is 13.2 Å². The maximum atomic E-state index is 5.44. The predicted molar refractivity (Wildman–Crippen MR) is 79.6 cm³/mol. The van der Waals surface area contributed by atoms with E-state index in [-0.39, 0.29) is 5.54 Å². The minimum Gasteiger partial charge on any atom is -0.379 e. The molecule has 112 valence electrons. The molecule has 2 aliphatic heterocycles. The largest absolute Gasteiger partial charge is 0.379 e. The Labute approximate surface area is 118 Å². The predicted octanol–water partition coefficient (Wildman–Crippen LogP) is 1.17. The topological polar surface area (TPSA) is 27.7 Å². The van der Waals surface area contributed by atoms with Gasteiger partial charge in [0.1, 0.15) is 0 Å². The zero-order chi connectivity index (χ0) is 13.7. The van der Waals surface area contributed by atoms with Crippen LogP contribution in [0.4, 0.5) is 0 Å². The molecule has 2 fully saturated rings. The molecule has 4 heteroatoms. The highest BCUT2D eigenvalue weighted by Gasteiger charge is 2.28. The maximum Gasteiger partial charge on any atom is 0.0594 e. The van der Waals surface area contributed by atoms with Crippen molar-refractivity contribution < 1.29 is 4.74 Å². The van der Waals surface area contributed by atoms with Gasteiger partial charge in [0, 0.05) is 44.3 Å². The molecule has 0 bridgehead atoms. The van der Waals surface area contributed by atoms with Crippen LogP contribution in [0.3, 0.4) is 0 Å². The zero-order valence-electron chi connectivity index (χ0n) is 13.0. The molecule has 1 atom stereocenters. The quantitative estimate of drug-likeness (QED) is 0.783. The molecule has 2 heterocycles. The van der Waals surface area contributed by atoms with E-state index in [0.29, 0.717) is 0 Å². The van der Waals surface area contributed by atoms with E-state index in [0.717, 1.165) is 38.9 Å². The average molecular weight is 269 g/mol. The lowest BCUT2D eigenvalue weighted by atomic mass is 10.0. The van der Waals surface area contributed by atoms with Gasteiger partial charge in [-0.2, -0.15) is 0 Å². The van der Waals surface area contributed by atoms with Crippen molar-refractivity contribution in [3.05, 3.63) is 0 Å². The summed E-state index contributed by atoms with van der Waals surface area (Å²) >= 11 is 0. The number of hydrogen-bond donors (Lipinski definition) is 1. The fraction of sp³-hybridized carbons (Fsp3) is 1.00. The molecule has 2 saturated heterocycles. The standard InChI is InChI=1S/C15H31N3O/c1-4-15(2,3)16-6-8-17-7-5-14(13-17)18-9-11-19-12-10-18/h14,16H,4-13H2,1-3H3. The van der Waals surface area contributed by atoms with Gasteiger partial charge in [-0.15, -0.1) is 0 Å². The van der Waals surface area contributed by atoms with Gasteiger partial charge in [0.2, 0.25) is 0 Å². The normalized spacial score (nSPS) is 27.0. The lowest BCUT2D eigenvalue weighted by Gasteiger charge is -2.32. The first kappa shape index (κ1) is 15.2. The van der Waals surface area contributed by atoms with Crippen LogP contribution in [0, 0.1) is 0 Å². The Morgan fingerprint density at radius 1 is 1.21 bits per heavy atom. The average Bonchev–Trinajstić information content (AvgIpc) is 2.88. The first-order chi connectivity index (χ1) is 9.11. The highest BCUT2D eigenvalue weighted by atomic mass is 16.5. The minimum absolute atomic E-state index is 0.281. The van der Waals surface area contributed by atoms with E-state index in [1.54, 1.807) is 0 Å². The fourth-order valence-electron chi connectivity index (χ4n) is 2.93. The fourth-order valence-corrected chi connectivity index (χ4v) is 2.93. The summed E-state index contributed by atoms with van der Waals surface area (Å²) in [7, 11) is 0. The number of morpholine rings is 1. The van der Waals surface area contributed by atoms with Crippen molar-refractivity contribution in [2.75, 3.05) is 52.5 Å². The molecule has 0 spiro atoms. The number of ether oxygens (including phenoxy) is 1. The van der Waals surface area contributed by atoms with E-state index in [9.17, 15) is 0 Å². The molecule has 0 aromatic heterocycles. The van der Waals surface area contributed by atoms with Crippen LogP contribution in [0.25, 0.3) is 0 Å². The van der Waals surface area contributed by atoms with Gasteiger partial charge >= 0.3 is 0 Å². The zero-order valence-corrected chi connectivity index (χ0v) is 13.0. The van der Waals surface area contributed by atoms with E-state index in [4.69, 9.17) is 4.74 Å². The Balaban J connectivity index is 1.64. The van der Waals surface area contributed by atoms with Crippen molar-refractivity contribution in [3.8, 4) is 0 Å². The summed E-state index contributed by atoms with van der Waals surface area (Å²) in [6.07, 6.45) is 2.51. The van der Waals surface area contributed by atoms with E-state index >= 15 is 0 Å². The highest BCUT2D eigenvalue weighted by molar-refractivity contribution is 4.85. The molecule has 4 nitrogen and oxygen atoms in total.